The highest BCUT2D eigenvalue weighted by atomic mass is 16.5. The highest BCUT2D eigenvalue weighted by Crippen LogP contribution is 2.17. The van der Waals surface area contributed by atoms with Crippen LogP contribution in [0.2, 0.25) is 0 Å². The zero-order chi connectivity index (χ0) is 19.9. The second-order valence-electron chi connectivity index (χ2n) is 6.68. The van der Waals surface area contributed by atoms with Gasteiger partial charge in [-0.25, -0.2) is 0 Å². The number of pyridine rings is 1. The first kappa shape index (κ1) is 19.8. The molecular weight excluding hydrogens is 356 g/mol. The molecule has 28 heavy (non-hydrogen) atoms. The van der Waals surface area contributed by atoms with Gasteiger partial charge in [0.25, 0.3) is 11.8 Å². The Morgan fingerprint density at radius 2 is 1.82 bits per heavy atom. The van der Waals surface area contributed by atoms with Gasteiger partial charge < -0.3 is 19.9 Å². The molecule has 1 N–H and O–H groups in total. The second kappa shape index (κ2) is 9.32. The van der Waals surface area contributed by atoms with Gasteiger partial charge in [0.2, 0.25) is 0 Å². The molecule has 1 saturated heterocycles. The molecule has 0 radical (unpaired) electrons. The van der Waals surface area contributed by atoms with Gasteiger partial charge in [0.05, 0.1) is 18.2 Å². The number of hydrogen-bond acceptors (Lipinski definition) is 5. The summed E-state index contributed by atoms with van der Waals surface area (Å²) in [6, 6.07) is 9.12. The van der Waals surface area contributed by atoms with Crippen molar-refractivity contribution in [3.63, 3.8) is 0 Å². The van der Waals surface area contributed by atoms with Gasteiger partial charge in [-0.05, 0) is 18.7 Å². The summed E-state index contributed by atoms with van der Waals surface area (Å²) in [5.41, 5.74) is 1.69. The third-order valence-electron chi connectivity index (χ3n) is 4.99. The molecule has 0 spiro atoms. The van der Waals surface area contributed by atoms with E-state index in [4.69, 9.17) is 4.74 Å². The molecule has 7 nitrogen and oxygen atoms in total. The lowest BCUT2D eigenvalue weighted by atomic mass is 10.1. The molecule has 2 aromatic rings. The lowest BCUT2D eigenvalue weighted by Crippen LogP contribution is -2.48. The molecule has 1 aromatic carbocycles. The van der Waals surface area contributed by atoms with E-state index in [1.807, 2.05) is 29.2 Å². The van der Waals surface area contributed by atoms with Crippen LogP contribution >= 0.6 is 0 Å². The van der Waals surface area contributed by atoms with E-state index in [1.54, 1.807) is 13.2 Å². The van der Waals surface area contributed by atoms with Crippen LogP contribution in [0.5, 0.6) is 5.75 Å². The fourth-order valence-electron chi connectivity index (χ4n) is 3.26. The van der Waals surface area contributed by atoms with Crippen molar-refractivity contribution < 1.29 is 14.3 Å². The molecule has 2 heterocycles. The van der Waals surface area contributed by atoms with Crippen molar-refractivity contribution >= 4 is 11.8 Å². The molecule has 1 aliphatic heterocycles. The topological polar surface area (TPSA) is 74.8 Å². The van der Waals surface area contributed by atoms with E-state index >= 15 is 0 Å². The summed E-state index contributed by atoms with van der Waals surface area (Å²) in [5.74, 6) is 0.363. The lowest BCUT2D eigenvalue weighted by molar-refractivity contribution is 0.0643. The summed E-state index contributed by atoms with van der Waals surface area (Å²) in [6.45, 7) is 6.57. The molecule has 0 unspecified atom stereocenters. The van der Waals surface area contributed by atoms with E-state index in [0.29, 0.717) is 30.8 Å². The Morgan fingerprint density at radius 1 is 1.11 bits per heavy atom. The minimum absolute atomic E-state index is 0.0809. The summed E-state index contributed by atoms with van der Waals surface area (Å²) >= 11 is 0. The average Bonchev–Trinajstić information content (AvgIpc) is 2.77. The number of piperazine rings is 1. The molecule has 1 aromatic heterocycles. The minimum atomic E-state index is -0.274. The SMILES string of the molecule is CCN1CCN(C(=O)c2cncc(C(=O)NCc3ccccc3OC)c2)CC1. The number of benzene rings is 1. The number of rotatable bonds is 6. The van der Waals surface area contributed by atoms with Crippen LogP contribution in [0.4, 0.5) is 0 Å². The molecule has 3 rings (SSSR count). The summed E-state index contributed by atoms with van der Waals surface area (Å²) < 4.78 is 5.30. The number of methoxy groups -OCH3 is 1. The van der Waals surface area contributed by atoms with Gasteiger partial charge in [0, 0.05) is 50.7 Å². The maximum Gasteiger partial charge on any atom is 0.255 e. The zero-order valence-corrected chi connectivity index (χ0v) is 16.4. The van der Waals surface area contributed by atoms with Crippen LogP contribution in [0.25, 0.3) is 0 Å². The lowest BCUT2D eigenvalue weighted by Gasteiger charge is -2.34. The number of nitrogens with one attached hydrogen (secondary N) is 1. The molecule has 0 atom stereocenters. The predicted molar refractivity (Wildman–Crippen MR) is 106 cm³/mol. The number of para-hydroxylation sites is 1. The average molecular weight is 382 g/mol. The number of amides is 2. The van der Waals surface area contributed by atoms with Crippen LogP contribution in [0.1, 0.15) is 33.2 Å². The number of carbonyl (C=O) groups excluding carboxylic acids is 2. The summed E-state index contributed by atoms with van der Waals surface area (Å²) in [6.07, 6.45) is 2.99. The number of aromatic nitrogens is 1. The van der Waals surface area contributed by atoms with E-state index in [0.717, 1.165) is 30.9 Å². The molecule has 0 aliphatic carbocycles. The fraction of sp³-hybridized carbons (Fsp3) is 0.381. The fourth-order valence-corrected chi connectivity index (χ4v) is 3.26. The first-order valence-electron chi connectivity index (χ1n) is 9.49. The Kier molecular flexibility index (Phi) is 6.60. The Morgan fingerprint density at radius 3 is 2.54 bits per heavy atom. The van der Waals surface area contributed by atoms with Crippen LogP contribution in [0.15, 0.2) is 42.7 Å². The van der Waals surface area contributed by atoms with Crippen molar-refractivity contribution in [2.24, 2.45) is 0 Å². The van der Waals surface area contributed by atoms with Crippen LogP contribution < -0.4 is 10.1 Å². The molecule has 0 bridgehead atoms. The monoisotopic (exact) mass is 382 g/mol. The van der Waals surface area contributed by atoms with E-state index in [9.17, 15) is 9.59 Å². The summed E-state index contributed by atoms with van der Waals surface area (Å²) in [4.78, 5) is 33.5. The van der Waals surface area contributed by atoms with Gasteiger partial charge in [-0.3, -0.25) is 14.6 Å². The van der Waals surface area contributed by atoms with Crippen LogP contribution in [0, 0.1) is 0 Å². The van der Waals surface area contributed by atoms with Crippen LogP contribution in [-0.4, -0.2) is 66.4 Å². The second-order valence-corrected chi connectivity index (χ2v) is 6.68. The van der Waals surface area contributed by atoms with Crippen molar-refractivity contribution in [1.82, 2.24) is 20.1 Å². The normalized spacial score (nSPS) is 14.6. The quantitative estimate of drug-likeness (QED) is 0.825. The van der Waals surface area contributed by atoms with Gasteiger partial charge in [-0.1, -0.05) is 25.1 Å². The number of likely N-dealkylation sites (N-methyl/N-ethyl adjacent to an activating group) is 1. The Hall–Kier alpha value is -2.93. The number of hydrogen-bond donors (Lipinski definition) is 1. The summed E-state index contributed by atoms with van der Waals surface area (Å²) in [5, 5.41) is 2.86. The maximum absolute atomic E-state index is 12.8. The molecule has 2 amide bonds. The molecule has 7 heteroatoms. The number of ether oxygens (including phenoxy) is 1. The van der Waals surface area contributed by atoms with Crippen molar-refractivity contribution in [3.05, 3.63) is 59.4 Å². The van der Waals surface area contributed by atoms with Crippen LogP contribution in [-0.2, 0) is 6.54 Å². The standard InChI is InChI=1S/C21H26N4O3/c1-3-24-8-10-25(11-9-24)21(27)18-12-17(13-22-14-18)20(26)23-15-16-6-4-5-7-19(16)28-2/h4-7,12-14H,3,8-11,15H2,1-2H3,(H,23,26). The van der Waals surface area contributed by atoms with Crippen molar-refractivity contribution in [2.75, 3.05) is 39.8 Å². The zero-order valence-electron chi connectivity index (χ0n) is 16.4. The smallest absolute Gasteiger partial charge is 0.255 e. The Bertz CT molecular complexity index is 832. The van der Waals surface area contributed by atoms with Gasteiger partial charge in [0.15, 0.2) is 0 Å². The van der Waals surface area contributed by atoms with E-state index in [2.05, 4.69) is 22.1 Å². The van der Waals surface area contributed by atoms with Crippen molar-refractivity contribution in [2.45, 2.75) is 13.5 Å². The highest BCUT2D eigenvalue weighted by molar-refractivity contribution is 5.99. The molecule has 148 valence electrons. The van der Waals surface area contributed by atoms with Crippen LogP contribution in [0.3, 0.4) is 0 Å². The molecule has 0 saturated carbocycles. The van der Waals surface area contributed by atoms with Crippen molar-refractivity contribution in [1.29, 1.82) is 0 Å². The Labute approximate surface area is 165 Å². The number of carbonyl (C=O) groups is 2. The third kappa shape index (κ3) is 4.67. The Balaban J connectivity index is 1.64. The largest absolute Gasteiger partial charge is 0.496 e. The highest BCUT2D eigenvalue weighted by Gasteiger charge is 2.22. The number of nitrogens with zero attached hydrogens (tertiary/aromatic N) is 3. The third-order valence-corrected chi connectivity index (χ3v) is 4.99. The first-order valence-corrected chi connectivity index (χ1v) is 9.49. The van der Waals surface area contributed by atoms with E-state index < -0.39 is 0 Å². The minimum Gasteiger partial charge on any atom is -0.496 e. The van der Waals surface area contributed by atoms with E-state index in [1.165, 1.54) is 12.4 Å². The molecule has 1 fully saturated rings. The first-order chi connectivity index (χ1) is 13.6. The van der Waals surface area contributed by atoms with Gasteiger partial charge in [-0.15, -0.1) is 0 Å². The van der Waals surface area contributed by atoms with Gasteiger partial charge >= 0.3 is 0 Å². The van der Waals surface area contributed by atoms with Gasteiger partial charge in [0.1, 0.15) is 5.75 Å². The predicted octanol–water partition coefficient (Wildman–Crippen LogP) is 1.80. The summed E-state index contributed by atoms with van der Waals surface area (Å²) in [7, 11) is 1.60. The maximum atomic E-state index is 12.8. The van der Waals surface area contributed by atoms with Gasteiger partial charge in [-0.2, -0.15) is 0 Å². The van der Waals surface area contributed by atoms with Crippen molar-refractivity contribution in [3.8, 4) is 5.75 Å². The molecular formula is C21H26N4O3. The molecule has 1 aliphatic rings. The van der Waals surface area contributed by atoms with E-state index in [-0.39, 0.29) is 11.8 Å².